The minimum absolute atomic E-state index is 0.00361. The van der Waals surface area contributed by atoms with Crippen LogP contribution >= 0.6 is 22.6 Å². The molecule has 2 aromatic rings. The number of carbonyl (C=O) groups excluding carboxylic acids is 1. The molecule has 1 heterocycles. The van der Waals surface area contributed by atoms with E-state index in [4.69, 9.17) is 4.74 Å². The fourth-order valence-electron chi connectivity index (χ4n) is 3.72. The standard InChI is InChI=1S/C24H29IO2/c1-14-8-9-17(15(2)10-14)20-18-11-16(23(3,4)5)12-19(24(6,7)13-25)21(18)27-22(20)26/h8-12,20H,13H2,1-7H3. The zero-order chi connectivity index (χ0) is 20.1. The minimum atomic E-state index is -0.341. The summed E-state index contributed by atoms with van der Waals surface area (Å²) in [4.78, 5) is 13.0. The first kappa shape index (κ1) is 20.4. The van der Waals surface area contributed by atoms with Crippen LogP contribution in [-0.2, 0) is 15.6 Å². The first-order valence-electron chi connectivity index (χ1n) is 9.49. The van der Waals surface area contributed by atoms with Gasteiger partial charge in [-0.1, -0.05) is 93.1 Å². The molecule has 1 aliphatic heterocycles. The highest BCUT2D eigenvalue weighted by atomic mass is 127. The highest BCUT2D eigenvalue weighted by Crippen LogP contribution is 2.48. The molecular formula is C24H29IO2. The molecular weight excluding hydrogens is 447 g/mol. The molecule has 1 unspecified atom stereocenters. The van der Waals surface area contributed by atoms with Crippen LogP contribution in [0.4, 0.5) is 0 Å². The van der Waals surface area contributed by atoms with Crippen LogP contribution in [0.2, 0.25) is 0 Å². The van der Waals surface area contributed by atoms with Gasteiger partial charge >= 0.3 is 5.97 Å². The lowest BCUT2D eigenvalue weighted by Gasteiger charge is -2.28. The third-order valence-corrected chi connectivity index (χ3v) is 7.44. The molecule has 0 saturated heterocycles. The Hall–Kier alpha value is -1.36. The number of esters is 1. The van der Waals surface area contributed by atoms with Crippen molar-refractivity contribution in [1.29, 1.82) is 0 Å². The maximum absolute atomic E-state index is 13.0. The van der Waals surface area contributed by atoms with Gasteiger partial charge in [0.2, 0.25) is 0 Å². The van der Waals surface area contributed by atoms with E-state index in [0.717, 1.165) is 32.4 Å². The lowest BCUT2D eigenvalue weighted by Crippen LogP contribution is -2.22. The van der Waals surface area contributed by atoms with Crippen LogP contribution in [0.1, 0.15) is 73.9 Å². The number of rotatable bonds is 3. The zero-order valence-corrected chi connectivity index (χ0v) is 19.5. The Balaban J connectivity index is 2.29. The molecule has 0 spiro atoms. The fraction of sp³-hybridized carbons (Fsp3) is 0.458. The molecule has 3 rings (SSSR count). The number of alkyl halides is 1. The number of ether oxygens (including phenoxy) is 1. The molecule has 0 fully saturated rings. The molecule has 0 bridgehead atoms. The van der Waals surface area contributed by atoms with Crippen LogP contribution in [0, 0.1) is 13.8 Å². The Morgan fingerprint density at radius 2 is 1.67 bits per heavy atom. The number of fused-ring (bicyclic) bond motifs is 1. The van der Waals surface area contributed by atoms with Gasteiger partial charge in [-0.15, -0.1) is 0 Å². The van der Waals surface area contributed by atoms with Gasteiger partial charge in [0.1, 0.15) is 11.7 Å². The van der Waals surface area contributed by atoms with E-state index in [0.29, 0.717) is 0 Å². The highest BCUT2D eigenvalue weighted by molar-refractivity contribution is 14.1. The van der Waals surface area contributed by atoms with Crippen molar-refractivity contribution in [2.24, 2.45) is 0 Å². The van der Waals surface area contributed by atoms with Crippen molar-refractivity contribution in [2.45, 2.75) is 65.2 Å². The third kappa shape index (κ3) is 3.67. The number of benzene rings is 2. The molecule has 27 heavy (non-hydrogen) atoms. The highest BCUT2D eigenvalue weighted by Gasteiger charge is 2.40. The van der Waals surface area contributed by atoms with Gasteiger partial charge in [-0.2, -0.15) is 0 Å². The summed E-state index contributed by atoms with van der Waals surface area (Å²) in [6.45, 7) is 15.3. The van der Waals surface area contributed by atoms with Gasteiger partial charge in [0.25, 0.3) is 0 Å². The maximum Gasteiger partial charge on any atom is 0.323 e. The van der Waals surface area contributed by atoms with E-state index in [1.165, 1.54) is 11.1 Å². The first-order valence-corrected chi connectivity index (χ1v) is 11.0. The molecule has 1 atom stereocenters. The van der Waals surface area contributed by atoms with E-state index in [1.54, 1.807) is 0 Å². The summed E-state index contributed by atoms with van der Waals surface area (Å²) >= 11 is 2.42. The number of hydrogen-bond donors (Lipinski definition) is 0. The van der Waals surface area contributed by atoms with Crippen LogP contribution in [0.5, 0.6) is 5.75 Å². The summed E-state index contributed by atoms with van der Waals surface area (Å²) < 4.78 is 6.86. The van der Waals surface area contributed by atoms with Crippen LogP contribution in [-0.4, -0.2) is 10.4 Å². The lowest BCUT2D eigenvalue weighted by atomic mass is 9.77. The van der Waals surface area contributed by atoms with Crippen molar-refractivity contribution in [3.8, 4) is 5.75 Å². The average molecular weight is 476 g/mol. The van der Waals surface area contributed by atoms with Crippen LogP contribution in [0.3, 0.4) is 0 Å². The smallest absolute Gasteiger partial charge is 0.323 e. The summed E-state index contributed by atoms with van der Waals surface area (Å²) in [6.07, 6.45) is 0. The van der Waals surface area contributed by atoms with E-state index in [-0.39, 0.29) is 22.7 Å². The van der Waals surface area contributed by atoms with Crippen molar-refractivity contribution in [3.63, 3.8) is 0 Å². The molecule has 0 amide bonds. The minimum Gasteiger partial charge on any atom is -0.425 e. The molecule has 0 radical (unpaired) electrons. The van der Waals surface area contributed by atoms with E-state index < -0.39 is 0 Å². The summed E-state index contributed by atoms with van der Waals surface area (Å²) in [5.41, 5.74) is 6.74. The molecule has 0 saturated carbocycles. The number of halogens is 1. The van der Waals surface area contributed by atoms with Gasteiger partial charge in [-0.3, -0.25) is 4.79 Å². The topological polar surface area (TPSA) is 26.3 Å². The molecule has 144 valence electrons. The van der Waals surface area contributed by atoms with Gasteiger partial charge in [0, 0.05) is 21.0 Å². The van der Waals surface area contributed by atoms with Gasteiger partial charge < -0.3 is 4.74 Å². The van der Waals surface area contributed by atoms with Gasteiger partial charge in [-0.25, -0.2) is 0 Å². The zero-order valence-electron chi connectivity index (χ0n) is 17.4. The normalized spacial score (nSPS) is 17.0. The quantitative estimate of drug-likeness (QED) is 0.223. The van der Waals surface area contributed by atoms with Crippen molar-refractivity contribution in [1.82, 2.24) is 0 Å². The predicted molar refractivity (Wildman–Crippen MR) is 120 cm³/mol. The molecule has 0 aliphatic carbocycles. The summed E-state index contributed by atoms with van der Waals surface area (Å²) in [6, 6.07) is 10.7. The number of hydrogen-bond acceptors (Lipinski definition) is 2. The van der Waals surface area contributed by atoms with Crippen LogP contribution < -0.4 is 4.74 Å². The van der Waals surface area contributed by atoms with Crippen molar-refractivity contribution < 1.29 is 9.53 Å². The van der Waals surface area contributed by atoms with E-state index >= 15 is 0 Å². The van der Waals surface area contributed by atoms with Crippen LogP contribution in [0.15, 0.2) is 30.3 Å². The first-order chi connectivity index (χ1) is 12.5. The maximum atomic E-state index is 13.0. The largest absolute Gasteiger partial charge is 0.425 e. The Morgan fingerprint density at radius 1 is 1.00 bits per heavy atom. The monoisotopic (exact) mass is 476 g/mol. The fourth-order valence-corrected chi connectivity index (χ4v) is 4.13. The molecule has 2 nitrogen and oxygen atoms in total. The SMILES string of the molecule is Cc1ccc(C2C(=O)Oc3c2cc(C(C)(C)C)cc3C(C)(C)CI)c(C)c1. The average Bonchev–Trinajstić information content (AvgIpc) is 2.89. The molecule has 1 aliphatic rings. The molecule has 3 heteroatoms. The Kier molecular flexibility index (Phi) is 5.21. The number of carbonyl (C=O) groups is 1. The second kappa shape index (κ2) is 6.91. The van der Waals surface area contributed by atoms with E-state index in [9.17, 15) is 4.79 Å². The summed E-state index contributed by atoms with van der Waals surface area (Å²) in [5, 5.41) is 0. The Labute approximate surface area is 176 Å². The van der Waals surface area contributed by atoms with E-state index in [1.807, 2.05) is 0 Å². The van der Waals surface area contributed by atoms with Gasteiger partial charge in [0.05, 0.1) is 0 Å². The third-order valence-electron chi connectivity index (χ3n) is 5.53. The van der Waals surface area contributed by atoms with Crippen molar-refractivity contribution in [3.05, 3.63) is 63.7 Å². The Morgan fingerprint density at radius 3 is 2.22 bits per heavy atom. The van der Waals surface area contributed by atoms with Crippen molar-refractivity contribution in [2.75, 3.05) is 4.43 Å². The molecule has 0 N–H and O–H groups in total. The van der Waals surface area contributed by atoms with Gasteiger partial charge in [-0.05, 0) is 36.0 Å². The van der Waals surface area contributed by atoms with Gasteiger partial charge in [0.15, 0.2) is 0 Å². The number of aryl methyl sites for hydroxylation is 2. The summed E-state index contributed by atoms with van der Waals surface area (Å²) in [7, 11) is 0. The Bertz CT molecular complexity index is 903. The van der Waals surface area contributed by atoms with Crippen LogP contribution in [0.25, 0.3) is 0 Å². The second-order valence-electron chi connectivity index (χ2n) is 9.42. The predicted octanol–water partition coefficient (Wildman–Crippen LogP) is 6.36. The van der Waals surface area contributed by atoms with E-state index in [2.05, 4.69) is 101 Å². The summed E-state index contributed by atoms with van der Waals surface area (Å²) in [5.74, 6) is 0.278. The second-order valence-corrected chi connectivity index (χ2v) is 10.2. The lowest BCUT2D eigenvalue weighted by molar-refractivity contribution is -0.133. The van der Waals surface area contributed by atoms with Crippen molar-refractivity contribution >= 4 is 28.6 Å². The molecule has 2 aromatic carbocycles. The molecule has 0 aromatic heterocycles.